The molecule has 0 radical (unpaired) electrons. The van der Waals surface area contributed by atoms with E-state index < -0.39 is 5.97 Å². The Hall–Kier alpha value is -1.69. The van der Waals surface area contributed by atoms with Crippen molar-refractivity contribution >= 4 is 34.0 Å². The Balaban J connectivity index is 2.42. The summed E-state index contributed by atoms with van der Waals surface area (Å²) >= 11 is 1.36. The predicted octanol–water partition coefficient (Wildman–Crippen LogP) is 1.40. The molecule has 1 aliphatic heterocycles. The van der Waals surface area contributed by atoms with E-state index in [1.165, 1.54) is 23.3 Å². The van der Waals surface area contributed by atoms with Gasteiger partial charge >= 0.3 is 5.97 Å². The number of nitrogens with zero attached hydrogens (tertiary/aromatic N) is 1. The van der Waals surface area contributed by atoms with E-state index in [0.29, 0.717) is 10.6 Å². The van der Waals surface area contributed by atoms with Crippen LogP contribution < -0.4 is 4.90 Å². The monoisotopic (exact) mass is 267 g/mol. The lowest BCUT2D eigenvalue weighted by atomic mass is 10.2. The third-order valence-corrected chi connectivity index (χ3v) is 4.05. The molecule has 0 saturated carbocycles. The largest absolute Gasteiger partial charge is 0.465 e. The molecule has 2 heterocycles. The Morgan fingerprint density at radius 2 is 2.22 bits per heavy atom. The highest BCUT2D eigenvalue weighted by Crippen LogP contribution is 2.34. The highest BCUT2D eigenvalue weighted by molar-refractivity contribution is 7.16. The summed E-state index contributed by atoms with van der Waals surface area (Å²) in [6.45, 7) is 2.01. The summed E-state index contributed by atoms with van der Waals surface area (Å²) in [5.74, 6) is -0.856. The lowest BCUT2D eigenvalue weighted by Gasteiger charge is -2.13. The fourth-order valence-electron chi connectivity index (χ4n) is 1.83. The lowest BCUT2D eigenvalue weighted by molar-refractivity contribution is -0.121. The molecule has 1 aliphatic rings. The van der Waals surface area contributed by atoms with Crippen molar-refractivity contribution in [3.8, 4) is 0 Å². The second-order valence-electron chi connectivity index (χ2n) is 3.97. The Bertz CT molecular complexity index is 520. The minimum absolute atomic E-state index is 0.0481. The van der Waals surface area contributed by atoms with Gasteiger partial charge in [-0.1, -0.05) is 6.92 Å². The van der Waals surface area contributed by atoms with Gasteiger partial charge in [-0.05, 0) is 12.5 Å². The van der Waals surface area contributed by atoms with Gasteiger partial charge in [0.15, 0.2) is 5.78 Å². The number of hydrogen-bond donors (Lipinski definition) is 0. The third kappa shape index (κ3) is 2.15. The van der Waals surface area contributed by atoms with Crippen molar-refractivity contribution in [2.45, 2.75) is 19.8 Å². The summed E-state index contributed by atoms with van der Waals surface area (Å²) in [6.07, 6.45) is 0.685. The molecule has 1 aromatic heterocycles. The van der Waals surface area contributed by atoms with Crippen LogP contribution in [0.15, 0.2) is 6.07 Å². The molecule has 5 nitrogen and oxygen atoms in total. The number of anilines is 1. The summed E-state index contributed by atoms with van der Waals surface area (Å²) in [5.41, 5.74) is 0.363. The number of ether oxygens (including phenoxy) is 1. The first kappa shape index (κ1) is 12.8. The Labute approximate surface area is 108 Å². The number of carbonyl (C=O) groups is 3. The highest BCUT2D eigenvalue weighted by atomic mass is 32.1. The minimum atomic E-state index is -0.479. The van der Waals surface area contributed by atoms with Crippen LogP contribution in [0.3, 0.4) is 0 Å². The molecular weight excluding hydrogens is 254 g/mol. The Morgan fingerprint density at radius 3 is 2.72 bits per heavy atom. The van der Waals surface area contributed by atoms with Gasteiger partial charge in [0.25, 0.3) is 0 Å². The summed E-state index contributed by atoms with van der Waals surface area (Å²) < 4.78 is 4.70. The molecule has 1 aromatic rings. The number of thiophene rings is 1. The van der Waals surface area contributed by atoms with Gasteiger partial charge in [-0.15, -0.1) is 11.3 Å². The van der Waals surface area contributed by atoms with Crippen LogP contribution in [-0.4, -0.2) is 31.3 Å². The van der Waals surface area contributed by atoms with Gasteiger partial charge in [0.2, 0.25) is 5.91 Å². The molecule has 96 valence electrons. The van der Waals surface area contributed by atoms with E-state index in [1.54, 1.807) is 6.07 Å². The van der Waals surface area contributed by atoms with Crippen molar-refractivity contribution in [3.63, 3.8) is 0 Å². The number of hydrogen-bond acceptors (Lipinski definition) is 5. The van der Waals surface area contributed by atoms with Gasteiger partial charge in [-0.3, -0.25) is 14.5 Å². The first-order valence-corrected chi connectivity index (χ1v) is 6.41. The van der Waals surface area contributed by atoms with Crippen LogP contribution in [0.1, 0.15) is 28.6 Å². The van der Waals surface area contributed by atoms with Crippen LogP contribution in [0, 0.1) is 0 Å². The first-order valence-electron chi connectivity index (χ1n) is 5.60. The van der Waals surface area contributed by atoms with Gasteiger partial charge in [0.1, 0.15) is 5.00 Å². The van der Waals surface area contributed by atoms with Crippen molar-refractivity contribution < 1.29 is 19.1 Å². The molecule has 18 heavy (non-hydrogen) atoms. The van der Waals surface area contributed by atoms with Gasteiger partial charge in [-0.25, -0.2) is 4.79 Å². The molecule has 6 heteroatoms. The molecule has 1 fully saturated rings. The fourth-order valence-corrected chi connectivity index (χ4v) is 2.93. The Morgan fingerprint density at radius 1 is 1.50 bits per heavy atom. The lowest BCUT2D eigenvalue weighted by Crippen LogP contribution is -2.25. The molecule has 2 rings (SSSR count). The first-order chi connectivity index (χ1) is 8.56. The van der Waals surface area contributed by atoms with E-state index in [1.807, 2.05) is 6.92 Å². The zero-order valence-electron chi connectivity index (χ0n) is 10.2. The second-order valence-corrected chi connectivity index (χ2v) is 5.09. The fraction of sp³-hybridized carbons (Fsp3) is 0.417. The van der Waals surface area contributed by atoms with Crippen molar-refractivity contribution in [2.75, 3.05) is 18.6 Å². The smallest absolute Gasteiger partial charge is 0.340 e. The maximum absolute atomic E-state index is 11.7. The molecule has 0 aliphatic carbocycles. The van der Waals surface area contributed by atoms with Crippen molar-refractivity contribution in [1.29, 1.82) is 0 Å². The van der Waals surface area contributed by atoms with Crippen LogP contribution in [0.25, 0.3) is 0 Å². The van der Waals surface area contributed by atoms with Gasteiger partial charge in [0.05, 0.1) is 25.6 Å². The average Bonchev–Trinajstić information content (AvgIpc) is 2.91. The number of ketones is 1. The van der Waals surface area contributed by atoms with E-state index >= 15 is 0 Å². The zero-order valence-corrected chi connectivity index (χ0v) is 11.0. The van der Waals surface area contributed by atoms with E-state index in [-0.39, 0.29) is 24.7 Å². The summed E-state index contributed by atoms with van der Waals surface area (Å²) in [4.78, 5) is 37.0. The third-order valence-electron chi connectivity index (χ3n) is 2.75. The SMILES string of the molecule is CCc1cc(C(=O)OC)c(N2CC(=O)CC2=O)s1. The number of aryl methyl sites for hydroxylation is 1. The van der Waals surface area contributed by atoms with Crippen molar-refractivity contribution in [1.82, 2.24) is 0 Å². The van der Waals surface area contributed by atoms with E-state index in [0.717, 1.165) is 11.3 Å². The zero-order chi connectivity index (χ0) is 13.3. The molecule has 0 aromatic carbocycles. The normalized spacial score (nSPS) is 15.3. The van der Waals surface area contributed by atoms with Crippen molar-refractivity contribution in [3.05, 3.63) is 16.5 Å². The molecule has 0 atom stereocenters. The highest BCUT2D eigenvalue weighted by Gasteiger charge is 2.33. The summed E-state index contributed by atoms with van der Waals surface area (Å²) in [5, 5.41) is 0.523. The average molecular weight is 267 g/mol. The number of amides is 1. The molecular formula is C12H13NO4S. The molecule has 0 unspecified atom stereocenters. The Kier molecular flexibility index (Phi) is 3.47. The van der Waals surface area contributed by atoms with Gasteiger partial charge in [0, 0.05) is 4.88 Å². The summed E-state index contributed by atoms with van der Waals surface area (Å²) in [6, 6.07) is 1.72. The van der Waals surface area contributed by atoms with Crippen molar-refractivity contribution in [2.24, 2.45) is 0 Å². The standard InChI is InChI=1S/C12H13NO4S/c1-3-8-5-9(12(16)17-2)11(18-8)13-6-7(14)4-10(13)15/h5H,3-4,6H2,1-2H3. The van der Waals surface area contributed by atoms with Gasteiger partial charge in [-0.2, -0.15) is 0 Å². The molecule has 1 amide bonds. The number of rotatable bonds is 3. The second kappa shape index (κ2) is 4.89. The number of Topliss-reactive ketones (excluding diaryl/α,β-unsaturated/α-hetero) is 1. The van der Waals surface area contributed by atoms with E-state index in [4.69, 9.17) is 4.74 Å². The topological polar surface area (TPSA) is 63.7 Å². The maximum Gasteiger partial charge on any atom is 0.340 e. The van der Waals surface area contributed by atoms with Crippen LogP contribution in [0.5, 0.6) is 0 Å². The number of esters is 1. The molecule has 0 N–H and O–H groups in total. The van der Waals surface area contributed by atoms with Crippen LogP contribution >= 0.6 is 11.3 Å². The molecule has 1 saturated heterocycles. The molecule has 0 spiro atoms. The number of carbonyl (C=O) groups excluding carboxylic acids is 3. The van der Waals surface area contributed by atoms with Crippen LogP contribution in [0.4, 0.5) is 5.00 Å². The predicted molar refractivity (Wildman–Crippen MR) is 67.0 cm³/mol. The van der Waals surface area contributed by atoms with Crippen LogP contribution in [-0.2, 0) is 20.7 Å². The summed E-state index contributed by atoms with van der Waals surface area (Å²) in [7, 11) is 1.30. The van der Waals surface area contributed by atoms with Gasteiger partial charge < -0.3 is 4.74 Å². The maximum atomic E-state index is 11.7. The molecule has 0 bridgehead atoms. The van der Waals surface area contributed by atoms with Crippen LogP contribution in [0.2, 0.25) is 0 Å². The quantitative estimate of drug-likeness (QED) is 0.613. The minimum Gasteiger partial charge on any atom is -0.465 e. The number of methoxy groups -OCH3 is 1. The van der Waals surface area contributed by atoms with E-state index in [2.05, 4.69) is 0 Å². The van der Waals surface area contributed by atoms with E-state index in [9.17, 15) is 14.4 Å².